The molecule has 1 saturated carbocycles. The molecule has 1 spiro atoms. The number of amides is 1. The Labute approximate surface area is 221 Å². The standard InChI is InChI=1S/C25H29N5O4S.CH2O2/c1-26-10-5-11-34-23-20(29-35(3,32)33)13-17(14-28-23)16-6-7-19-18(12-16)22-21(15-27-19)30(2)24(31)25(22)8-4-9-25;2-1-3/h6-7,12-15,26,29H,4-5,8-11H2,1-3H3;1H,(H,2,3). The Kier molecular flexibility index (Phi) is 7.83. The van der Waals surface area contributed by atoms with Crippen molar-refractivity contribution in [1.29, 1.82) is 0 Å². The van der Waals surface area contributed by atoms with Gasteiger partial charge in [-0.15, -0.1) is 0 Å². The molecular weight excluding hydrogens is 510 g/mol. The van der Waals surface area contributed by atoms with E-state index in [2.05, 4.69) is 20.0 Å². The molecule has 11 nitrogen and oxygen atoms in total. The van der Waals surface area contributed by atoms with Crippen LogP contribution in [-0.2, 0) is 25.0 Å². The lowest BCUT2D eigenvalue weighted by Gasteiger charge is -2.37. The number of benzene rings is 1. The predicted octanol–water partition coefficient (Wildman–Crippen LogP) is 2.76. The Bertz CT molecular complexity index is 1470. The van der Waals surface area contributed by atoms with E-state index in [9.17, 15) is 13.2 Å². The maximum atomic E-state index is 13.1. The number of anilines is 2. The molecule has 0 bridgehead atoms. The number of ether oxygens (including phenoxy) is 1. The van der Waals surface area contributed by atoms with Gasteiger partial charge >= 0.3 is 0 Å². The molecule has 1 fully saturated rings. The van der Waals surface area contributed by atoms with Gasteiger partial charge in [0.15, 0.2) is 0 Å². The summed E-state index contributed by atoms with van der Waals surface area (Å²) in [5, 5.41) is 10.9. The number of sulfonamides is 1. The Morgan fingerprint density at radius 1 is 1.18 bits per heavy atom. The molecule has 3 aromatic rings. The van der Waals surface area contributed by atoms with Gasteiger partial charge in [0, 0.05) is 29.8 Å². The molecule has 3 heterocycles. The molecule has 1 aromatic carbocycles. The van der Waals surface area contributed by atoms with Crippen molar-refractivity contribution >= 4 is 44.7 Å². The van der Waals surface area contributed by atoms with Crippen LogP contribution in [0.25, 0.3) is 22.0 Å². The predicted molar refractivity (Wildman–Crippen MR) is 145 cm³/mol. The van der Waals surface area contributed by atoms with Gasteiger partial charge in [-0.05, 0) is 56.6 Å². The Balaban J connectivity index is 0.00000107. The van der Waals surface area contributed by atoms with Gasteiger partial charge in [-0.25, -0.2) is 13.4 Å². The molecule has 2 aromatic heterocycles. The summed E-state index contributed by atoms with van der Waals surface area (Å²) in [4.78, 5) is 32.2. The van der Waals surface area contributed by atoms with Crippen LogP contribution in [0.5, 0.6) is 5.88 Å². The molecule has 2 aliphatic rings. The largest absolute Gasteiger partial charge is 0.483 e. The van der Waals surface area contributed by atoms with E-state index in [4.69, 9.17) is 14.6 Å². The Hall–Kier alpha value is -3.77. The van der Waals surface area contributed by atoms with Crippen LogP contribution in [-0.4, -0.2) is 69.4 Å². The number of hydrogen-bond acceptors (Lipinski definition) is 8. The first-order chi connectivity index (χ1) is 18.1. The highest BCUT2D eigenvalue weighted by Crippen LogP contribution is 2.55. The minimum atomic E-state index is -3.54. The third-order valence-electron chi connectivity index (χ3n) is 6.90. The molecule has 0 radical (unpaired) electrons. The van der Waals surface area contributed by atoms with E-state index in [0.717, 1.165) is 71.8 Å². The molecule has 1 aliphatic heterocycles. The average Bonchev–Trinajstić information content (AvgIpc) is 3.09. The topological polar surface area (TPSA) is 151 Å². The molecule has 3 N–H and O–H groups in total. The van der Waals surface area contributed by atoms with E-state index in [1.54, 1.807) is 23.4 Å². The first-order valence-corrected chi connectivity index (χ1v) is 14.1. The summed E-state index contributed by atoms with van der Waals surface area (Å²) in [6.45, 7) is 0.935. The smallest absolute Gasteiger partial charge is 0.290 e. The number of pyridine rings is 2. The van der Waals surface area contributed by atoms with E-state index in [1.807, 2.05) is 32.3 Å². The first kappa shape index (κ1) is 27.3. The van der Waals surface area contributed by atoms with Crippen molar-refractivity contribution in [2.75, 3.05) is 43.1 Å². The zero-order valence-corrected chi connectivity index (χ0v) is 22.3. The van der Waals surface area contributed by atoms with Crippen LogP contribution >= 0.6 is 0 Å². The molecule has 0 atom stereocenters. The highest BCUT2D eigenvalue weighted by molar-refractivity contribution is 7.92. The fraction of sp³-hybridized carbons (Fsp3) is 0.385. The summed E-state index contributed by atoms with van der Waals surface area (Å²) in [7, 11) is 0.138. The molecule has 1 aliphatic carbocycles. The molecule has 1 amide bonds. The number of carbonyl (C=O) groups is 2. The summed E-state index contributed by atoms with van der Waals surface area (Å²) in [6, 6.07) is 7.63. The maximum Gasteiger partial charge on any atom is 0.290 e. The normalized spacial score (nSPS) is 15.4. The third-order valence-corrected chi connectivity index (χ3v) is 7.49. The average molecular weight is 542 g/mol. The number of rotatable bonds is 8. The van der Waals surface area contributed by atoms with Crippen molar-refractivity contribution in [2.45, 2.75) is 31.1 Å². The summed E-state index contributed by atoms with van der Waals surface area (Å²) in [5.41, 5.74) is 4.16. The fourth-order valence-corrected chi connectivity index (χ4v) is 5.61. The number of carboxylic acid groups (broad SMARTS) is 1. The summed E-state index contributed by atoms with van der Waals surface area (Å²) < 4.78 is 32.3. The lowest BCUT2D eigenvalue weighted by Crippen LogP contribution is -2.43. The second kappa shape index (κ2) is 10.9. The quantitative estimate of drug-likeness (QED) is 0.289. The number of nitrogens with one attached hydrogen (secondary N) is 2. The van der Waals surface area contributed by atoms with Gasteiger partial charge in [0.1, 0.15) is 5.69 Å². The molecule has 0 unspecified atom stereocenters. The second-order valence-electron chi connectivity index (χ2n) is 9.41. The van der Waals surface area contributed by atoms with E-state index >= 15 is 0 Å². The van der Waals surface area contributed by atoms with Crippen molar-refractivity contribution in [3.63, 3.8) is 0 Å². The number of likely N-dealkylation sites (N-methyl/N-ethyl adjacent to an activating group) is 1. The first-order valence-electron chi connectivity index (χ1n) is 12.2. The van der Waals surface area contributed by atoms with Crippen LogP contribution in [0.15, 0.2) is 36.7 Å². The maximum absolute atomic E-state index is 13.1. The van der Waals surface area contributed by atoms with Gasteiger partial charge in [0.05, 0.1) is 35.7 Å². The molecule has 5 rings (SSSR count). The monoisotopic (exact) mass is 541 g/mol. The minimum Gasteiger partial charge on any atom is -0.483 e. The summed E-state index contributed by atoms with van der Waals surface area (Å²) in [6.07, 6.45) is 8.04. The Morgan fingerprint density at radius 2 is 1.92 bits per heavy atom. The molecule has 0 saturated heterocycles. The van der Waals surface area contributed by atoms with E-state index in [1.165, 1.54) is 0 Å². The van der Waals surface area contributed by atoms with Crippen molar-refractivity contribution in [1.82, 2.24) is 15.3 Å². The van der Waals surface area contributed by atoms with Crippen molar-refractivity contribution in [3.05, 3.63) is 42.2 Å². The Morgan fingerprint density at radius 3 is 2.55 bits per heavy atom. The van der Waals surface area contributed by atoms with Gasteiger partial charge in [0.25, 0.3) is 6.47 Å². The number of fused-ring (bicyclic) bond motifs is 4. The van der Waals surface area contributed by atoms with E-state index in [-0.39, 0.29) is 23.9 Å². The van der Waals surface area contributed by atoms with Crippen LogP contribution in [0.4, 0.5) is 11.4 Å². The fourth-order valence-electron chi connectivity index (χ4n) is 5.07. The third kappa shape index (κ3) is 5.14. The van der Waals surface area contributed by atoms with Crippen molar-refractivity contribution in [2.24, 2.45) is 0 Å². The highest BCUT2D eigenvalue weighted by Gasteiger charge is 2.54. The van der Waals surface area contributed by atoms with Gasteiger partial charge in [-0.3, -0.25) is 19.3 Å². The highest BCUT2D eigenvalue weighted by atomic mass is 32.2. The number of aromatic nitrogens is 2. The van der Waals surface area contributed by atoms with Gasteiger partial charge in [-0.1, -0.05) is 12.5 Å². The van der Waals surface area contributed by atoms with Crippen LogP contribution in [0, 0.1) is 0 Å². The second-order valence-corrected chi connectivity index (χ2v) is 11.2. The molecule has 202 valence electrons. The van der Waals surface area contributed by atoms with E-state index in [0.29, 0.717) is 6.61 Å². The number of hydrogen-bond donors (Lipinski definition) is 3. The van der Waals surface area contributed by atoms with Gasteiger partial charge in [0.2, 0.25) is 21.8 Å². The van der Waals surface area contributed by atoms with Crippen LogP contribution in [0.3, 0.4) is 0 Å². The summed E-state index contributed by atoms with van der Waals surface area (Å²) >= 11 is 0. The van der Waals surface area contributed by atoms with Crippen molar-refractivity contribution in [3.8, 4) is 17.0 Å². The zero-order chi connectivity index (χ0) is 27.5. The van der Waals surface area contributed by atoms with Crippen LogP contribution in [0.1, 0.15) is 31.2 Å². The SMILES string of the molecule is CNCCCOc1ncc(-c2ccc3ncc4c(c3c2)C2(CCC2)C(=O)N4C)cc1NS(C)(=O)=O.O=CO. The minimum absolute atomic E-state index is 0.138. The zero-order valence-electron chi connectivity index (χ0n) is 21.5. The number of carbonyl (C=O) groups excluding carboxylic acids is 1. The van der Waals surface area contributed by atoms with Gasteiger partial charge in [-0.2, -0.15) is 0 Å². The van der Waals surface area contributed by atoms with Crippen LogP contribution in [0.2, 0.25) is 0 Å². The molecular formula is C26H31N5O6S. The molecule has 38 heavy (non-hydrogen) atoms. The molecule has 12 heteroatoms. The van der Waals surface area contributed by atoms with E-state index < -0.39 is 15.4 Å². The van der Waals surface area contributed by atoms with Crippen LogP contribution < -0.4 is 19.7 Å². The number of nitrogens with zero attached hydrogens (tertiary/aromatic N) is 3. The lowest BCUT2D eigenvalue weighted by atomic mass is 9.64. The summed E-state index contributed by atoms with van der Waals surface area (Å²) in [5.74, 6) is 0.374. The lowest BCUT2D eigenvalue weighted by molar-refractivity contribution is -0.125. The van der Waals surface area contributed by atoms with Gasteiger partial charge < -0.3 is 20.1 Å². The van der Waals surface area contributed by atoms with Crippen molar-refractivity contribution < 1.29 is 27.9 Å².